The predicted molar refractivity (Wildman–Crippen MR) is 64.9 cm³/mol. The first kappa shape index (κ1) is 12.1. The Labute approximate surface area is 103 Å². The van der Waals surface area contributed by atoms with Crippen LogP contribution in [0.2, 0.25) is 0 Å². The largest absolute Gasteiger partial charge is 0.264 e. The first-order chi connectivity index (χ1) is 7.98. The Kier molecular flexibility index (Phi) is 3.17. The predicted octanol–water partition coefficient (Wildman–Crippen LogP) is 3.42. The number of rotatable bonds is 2. The fraction of sp³-hybridized carbons (Fsp3) is 0. The Morgan fingerprint density at radius 2 is 1.59 bits per heavy atom. The van der Waals surface area contributed by atoms with Crippen molar-refractivity contribution in [2.75, 3.05) is 0 Å². The summed E-state index contributed by atoms with van der Waals surface area (Å²) in [6, 6.07) is 12.9. The van der Waals surface area contributed by atoms with E-state index in [0.29, 0.717) is 5.56 Å². The smallest absolute Gasteiger partial charge is 0.207 e. The van der Waals surface area contributed by atoms with Crippen LogP contribution in [-0.4, -0.2) is 8.42 Å². The quantitative estimate of drug-likeness (QED) is 0.784. The molecule has 0 amide bonds. The van der Waals surface area contributed by atoms with Crippen LogP contribution in [0.5, 0.6) is 0 Å². The summed E-state index contributed by atoms with van der Waals surface area (Å²) in [6.45, 7) is 0. The normalized spacial score (nSPS) is 11.4. The number of hydrogen-bond acceptors (Lipinski definition) is 2. The topological polar surface area (TPSA) is 34.1 Å². The van der Waals surface area contributed by atoms with Gasteiger partial charge in [-0.3, -0.25) is 0 Å². The van der Waals surface area contributed by atoms with E-state index < -0.39 is 19.8 Å². The van der Waals surface area contributed by atoms with Crippen molar-refractivity contribution >= 4 is 19.7 Å². The standard InChI is InChI=1S/C12H8ClFO2S/c13-17(15,16)12-7-6-10(8-11(12)14)9-4-2-1-3-5-9/h1-8H. The lowest BCUT2D eigenvalue weighted by Crippen LogP contribution is -1.95. The fourth-order valence-electron chi connectivity index (χ4n) is 1.51. The molecular formula is C12H8ClFO2S. The first-order valence-corrected chi connectivity index (χ1v) is 7.09. The van der Waals surface area contributed by atoms with Gasteiger partial charge in [0.15, 0.2) is 0 Å². The molecular weight excluding hydrogens is 263 g/mol. The maximum atomic E-state index is 13.6. The van der Waals surface area contributed by atoms with Gasteiger partial charge in [-0.2, -0.15) is 0 Å². The summed E-state index contributed by atoms with van der Waals surface area (Å²) < 4.78 is 35.6. The van der Waals surface area contributed by atoms with Crippen molar-refractivity contribution in [3.63, 3.8) is 0 Å². The van der Waals surface area contributed by atoms with Crippen LogP contribution < -0.4 is 0 Å². The van der Waals surface area contributed by atoms with Crippen LogP contribution in [0.3, 0.4) is 0 Å². The van der Waals surface area contributed by atoms with Crippen molar-refractivity contribution in [2.24, 2.45) is 0 Å². The SMILES string of the molecule is O=S(=O)(Cl)c1ccc(-c2ccccc2)cc1F. The molecule has 17 heavy (non-hydrogen) atoms. The molecule has 2 aromatic rings. The van der Waals surface area contributed by atoms with Crippen molar-refractivity contribution in [3.05, 3.63) is 54.3 Å². The summed E-state index contributed by atoms with van der Waals surface area (Å²) in [5, 5.41) is 0. The van der Waals surface area contributed by atoms with E-state index in [-0.39, 0.29) is 0 Å². The molecule has 0 aliphatic carbocycles. The lowest BCUT2D eigenvalue weighted by Gasteiger charge is -2.04. The van der Waals surface area contributed by atoms with Gasteiger partial charge in [0.1, 0.15) is 10.7 Å². The average Bonchev–Trinajstić information content (AvgIpc) is 2.28. The molecule has 0 aliphatic rings. The van der Waals surface area contributed by atoms with Gasteiger partial charge in [0, 0.05) is 10.7 Å². The highest BCUT2D eigenvalue weighted by atomic mass is 35.7. The van der Waals surface area contributed by atoms with Crippen molar-refractivity contribution in [2.45, 2.75) is 4.90 Å². The number of hydrogen-bond donors (Lipinski definition) is 0. The van der Waals surface area contributed by atoms with E-state index in [1.54, 1.807) is 0 Å². The van der Waals surface area contributed by atoms with Crippen molar-refractivity contribution in [1.82, 2.24) is 0 Å². The molecule has 0 saturated heterocycles. The van der Waals surface area contributed by atoms with Crippen LogP contribution in [0, 0.1) is 5.82 Å². The molecule has 0 unspecified atom stereocenters. The minimum atomic E-state index is -4.04. The zero-order valence-corrected chi connectivity index (χ0v) is 10.2. The fourth-order valence-corrected chi connectivity index (χ4v) is 2.41. The van der Waals surface area contributed by atoms with Crippen LogP contribution in [0.4, 0.5) is 4.39 Å². The van der Waals surface area contributed by atoms with Crippen LogP contribution in [0.25, 0.3) is 11.1 Å². The summed E-state index contributed by atoms with van der Waals surface area (Å²) in [5.74, 6) is -0.846. The monoisotopic (exact) mass is 270 g/mol. The van der Waals surface area contributed by atoms with Gasteiger partial charge >= 0.3 is 0 Å². The Morgan fingerprint density at radius 3 is 2.12 bits per heavy atom. The third kappa shape index (κ3) is 2.65. The van der Waals surface area contributed by atoms with Gasteiger partial charge in [0.25, 0.3) is 9.05 Å². The Hall–Kier alpha value is -1.39. The Morgan fingerprint density at radius 1 is 0.941 bits per heavy atom. The molecule has 0 heterocycles. The minimum absolute atomic E-state index is 0.501. The highest BCUT2D eigenvalue weighted by Crippen LogP contribution is 2.25. The van der Waals surface area contributed by atoms with Gasteiger partial charge in [-0.25, -0.2) is 12.8 Å². The van der Waals surface area contributed by atoms with E-state index >= 15 is 0 Å². The molecule has 5 heteroatoms. The van der Waals surface area contributed by atoms with Crippen LogP contribution in [0.15, 0.2) is 53.4 Å². The van der Waals surface area contributed by atoms with Crippen molar-refractivity contribution in [1.29, 1.82) is 0 Å². The summed E-state index contributed by atoms with van der Waals surface area (Å²) in [5.41, 5.74) is 1.41. The van der Waals surface area contributed by atoms with Gasteiger partial charge in [0.05, 0.1) is 0 Å². The van der Waals surface area contributed by atoms with Crippen molar-refractivity contribution in [3.8, 4) is 11.1 Å². The maximum absolute atomic E-state index is 13.6. The van der Waals surface area contributed by atoms with E-state index in [4.69, 9.17) is 10.7 Å². The average molecular weight is 271 g/mol. The zero-order chi connectivity index (χ0) is 12.5. The maximum Gasteiger partial charge on any atom is 0.264 e. The van der Waals surface area contributed by atoms with Crippen LogP contribution >= 0.6 is 10.7 Å². The lowest BCUT2D eigenvalue weighted by molar-refractivity contribution is 0.576. The van der Waals surface area contributed by atoms with E-state index in [1.807, 2.05) is 30.3 Å². The second kappa shape index (κ2) is 4.47. The highest BCUT2D eigenvalue weighted by Gasteiger charge is 2.16. The summed E-state index contributed by atoms with van der Waals surface area (Å²) in [4.78, 5) is -0.501. The Balaban J connectivity index is 2.53. The number of halogens is 2. The van der Waals surface area contributed by atoms with Crippen molar-refractivity contribution < 1.29 is 12.8 Å². The third-order valence-corrected chi connectivity index (χ3v) is 3.66. The molecule has 0 fully saturated rings. The molecule has 2 aromatic carbocycles. The molecule has 0 saturated carbocycles. The van der Waals surface area contributed by atoms with Gasteiger partial charge in [-0.15, -0.1) is 0 Å². The highest BCUT2D eigenvalue weighted by molar-refractivity contribution is 8.13. The van der Waals surface area contributed by atoms with Gasteiger partial charge < -0.3 is 0 Å². The van der Waals surface area contributed by atoms with Gasteiger partial charge in [-0.05, 0) is 23.3 Å². The second-order valence-electron chi connectivity index (χ2n) is 3.45. The van der Waals surface area contributed by atoms with Gasteiger partial charge in [0.2, 0.25) is 0 Å². The summed E-state index contributed by atoms with van der Waals surface area (Å²) in [7, 11) is 1.06. The van der Waals surface area contributed by atoms with E-state index in [9.17, 15) is 12.8 Å². The van der Waals surface area contributed by atoms with E-state index in [2.05, 4.69) is 0 Å². The van der Waals surface area contributed by atoms with E-state index in [0.717, 1.165) is 11.6 Å². The molecule has 0 radical (unpaired) electrons. The Bertz CT molecular complexity index is 639. The molecule has 0 aromatic heterocycles. The number of benzene rings is 2. The third-order valence-electron chi connectivity index (χ3n) is 2.30. The van der Waals surface area contributed by atoms with E-state index in [1.165, 1.54) is 12.1 Å². The molecule has 88 valence electrons. The second-order valence-corrected chi connectivity index (χ2v) is 5.98. The first-order valence-electron chi connectivity index (χ1n) is 4.78. The zero-order valence-electron chi connectivity index (χ0n) is 8.60. The molecule has 2 nitrogen and oxygen atoms in total. The molecule has 0 aliphatic heterocycles. The van der Waals surface area contributed by atoms with Gasteiger partial charge in [-0.1, -0.05) is 36.4 Å². The molecule has 2 rings (SSSR count). The lowest BCUT2D eigenvalue weighted by atomic mass is 10.1. The molecule has 0 atom stereocenters. The summed E-state index contributed by atoms with van der Waals surface area (Å²) >= 11 is 0. The summed E-state index contributed by atoms with van der Waals surface area (Å²) in [6.07, 6.45) is 0. The van der Waals surface area contributed by atoms with Crippen LogP contribution in [0.1, 0.15) is 0 Å². The molecule has 0 bridgehead atoms. The van der Waals surface area contributed by atoms with Crippen LogP contribution in [-0.2, 0) is 9.05 Å². The molecule has 0 N–H and O–H groups in total. The minimum Gasteiger partial charge on any atom is -0.207 e. The molecule has 0 spiro atoms.